The van der Waals surface area contributed by atoms with Crippen molar-refractivity contribution in [3.05, 3.63) is 0 Å². The number of likely N-dealkylation sites (tertiary alicyclic amines) is 2. The van der Waals surface area contributed by atoms with Crippen LogP contribution in [0, 0.1) is 5.92 Å². The molecule has 3 heteroatoms. The highest BCUT2D eigenvalue weighted by molar-refractivity contribution is 4.97. The lowest BCUT2D eigenvalue weighted by atomic mass is 9.87. The molecule has 0 aliphatic carbocycles. The van der Waals surface area contributed by atoms with Crippen LogP contribution in [0.5, 0.6) is 0 Å². The average Bonchev–Trinajstić information content (AvgIpc) is 2.73. The van der Waals surface area contributed by atoms with Gasteiger partial charge < -0.3 is 10.0 Å². The van der Waals surface area contributed by atoms with E-state index in [-0.39, 0.29) is 0 Å². The van der Waals surface area contributed by atoms with Crippen molar-refractivity contribution in [2.24, 2.45) is 5.92 Å². The molecule has 2 heterocycles. The van der Waals surface area contributed by atoms with Gasteiger partial charge in [-0.1, -0.05) is 13.8 Å². The van der Waals surface area contributed by atoms with Crippen LogP contribution in [0.15, 0.2) is 0 Å². The third-order valence-electron chi connectivity index (χ3n) is 4.29. The molecule has 0 spiro atoms. The maximum absolute atomic E-state index is 10.6. The van der Waals surface area contributed by atoms with E-state index in [1.807, 2.05) is 6.92 Å². The molecular weight excluding hydrogens is 212 g/mol. The lowest BCUT2D eigenvalue weighted by molar-refractivity contribution is -0.0775. The van der Waals surface area contributed by atoms with Gasteiger partial charge in [-0.25, -0.2) is 0 Å². The second-order valence-electron chi connectivity index (χ2n) is 6.52. The summed E-state index contributed by atoms with van der Waals surface area (Å²) in [6, 6.07) is 0.345. The fourth-order valence-corrected chi connectivity index (χ4v) is 3.33. The highest BCUT2D eigenvalue weighted by atomic mass is 16.3. The Morgan fingerprint density at radius 2 is 1.88 bits per heavy atom. The molecule has 0 aromatic carbocycles. The van der Waals surface area contributed by atoms with Crippen molar-refractivity contribution in [2.75, 3.05) is 32.7 Å². The SMILES string of the molecule is CC(C)CN1CC[C@@](C)(O)[C@H](N2CCCC2)C1. The van der Waals surface area contributed by atoms with Gasteiger partial charge in [-0.05, 0) is 45.2 Å². The highest BCUT2D eigenvalue weighted by Crippen LogP contribution is 2.29. The molecule has 2 aliphatic rings. The van der Waals surface area contributed by atoms with E-state index in [1.54, 1.807) is 0 Å². The van der Waals surface area contributed by atoms with Crippen LogP contribution in [0.1, 0.15) is 40.0 Å². The third kappa shape index (κ3) is 3.21. The molecule has 17 heavy (non-hydrogen) atoms. The lowest BCUT2D eigenvalue weighted by Gasteiger charge is -2.47. The van der Waals surface area contributed by atoms with Gasteiger partial charge in [0.15, 0.2) is 0 Å². The van der Waals surface area contributed by atoms with Crippen molar-refractivity contribution < 1.29 is 5.11 Å². The highest BCUT2D eigenvalue weighted by Gasteiger charge is 2.41. The summed E-state index contributed by atoms with van der Waals surface area (Å²) in [6.45, 7) is 12.2. The summed E-state index contributed by atoms with van der Waals surface area (Å²) >= 11 is 0. The van der Waals surface area contributed by atoms with Crippen molar-refractivity contribution in [1.82, 2.24) is 9.80 Å². The molecule has 0 unspecified atom stereocenters. The Hall–Kier alpha value is -0.120. The first-order chi connectivity index (χ1) is 7.99. The van der Waals surface area contributed by atoms with E-state index in [0.717, 1.165) is 25.4 Å². The molecule has 0 bridgehead atoms. The zero-order chi connectivity index (χ0) is 12.5. The minimum absolute atomic E-state index is 0.345. The molecule has 0 radical (unpaired) electrons. The van der Waals surface area contributed by atoms with Crippen LogP contribution < -0.4 is 0 Å². The molecule has 2 saturated heterocycles. The minimum Gasteiger partial charge on any atom is -0.388 e. The second-order valence-corrected chi connectivity index (χ2v) is 6.52. The van der Waals surface area contributed by atoms with Crippen LogP contribution in [0.3, 0.4) is 0 Å². The number of hydrogen-bond donors (Lipinski definition) is 1. The summed E-state index contributed by atoms with van der Waals surface area (Å²) in [6.07, 6.45) is 3.52. The maximum Gasteiger partial charge on any atom is 0.0798 e. The van der Waals surface area contributed by atoms with E-state index in [4.69, 9.17) is 0 Å². The molecule has 2 atom stereocenters. The van der Waals surface area contributed by atoms with Gasteiger partial charge in [0.2, 0.25) is 0 Å². The normalized spacial score (nSPS) is 36.9. The van der Waals surface area contributed by atoms with Gasteiger partial charge in [0.1, 0.15) is 0 Å². The van der Waals surface area contributed by atoms with Gasteiger partial charge in [-0.3, -0.25) is 4.90 Å². The van der Waals surface area contributed by atoms with Crippen molar-refractivity contribution >= 4 is 0 Å². The van der Waals surface area contributed by atoms with Crippen LogP contribution in [0.4, 0.5) is 0 Å². The van der Waals surface area contributed by atoms with Gasteiger partial charge in [-0.2, -0.15) is 0 Å². The van der Waals surface area contributed by atoms with Crippen LogP contribution in [-0.2, 0) is 0 Å². The number of rotatable bonds is 3. The fourth-order valence-electron chi connectivity index (χ4n) is 3.33. The topological polar surface area (TPSA) is 26.7 Å². The first-order valence-electron chi connectivity index (χ1n) is 7.18. The Balaban J connectivity index is 1.98. The Morgan fingerprint density at radius 3 is 2.47 bits per heavy atom. The monoisotopic (exact) mass is 240 g/mol. The van der Waals surface area contributed by atoms with Crippen LogP contribution >= 0.6 is 0 Å². The van der Waals surface area contributed by atoms with Crippen LogP contribution in [-0.4, -0.2) is 59.3 Å². The summed E-state index contributed by atoms with van der Waals surface area (Å²) in [5.41, 5.74) is -0.488. The number of hydrogen-bond acceptors (Lipinski definition) is 3. The predicted molar refractivity (Wildman–Crippen MR) is 71.1 cm³/mol. The molecule has 2 aliphatic heterocycles. The first-order valence-corrected chi connectivity index (χ1v) is 7.18. The molecule has 100 valence electrons. The van der Waals surface area contributed by atoms with E-state index >= 15 is 0 Å². The molecule has 0 aromatic rings. The quantitative estimate of drug-likeness (QED) is 0.811. The van der Waals surface area contributed by atoms with Gasteiger partial charge in [0, 0.05) is 19.6 Å². The van der Waals surface area contributed by atoms with Crippen molar-refractivity contribution in [1.29, 1.82) is 0 Å². The summed E-state index contributed by atoms with van der Waals surface area (Å²) in [5, 5.41) is 10.6. The summed E-state index contributed by atoms with van der Waals surface area (Å²) in [4.78, 5) is 5.04. The zero-order valence-electron chi connectivity index (χ0n) is 11.7. The summed E-state index contributed by atoms with van der Waals surface area (Å²) in [7, 11) is 0. The van der Waals surface area contributed by atoms with Gasteiger partial charge in [0.25, 0.3) is 0 Å². The third-order valence-corrected chi connectivity index (χ3v) is 4.29. The van der Waals surface area contributed by atoms with Crippen molar-refractivity contribution in [3.8, 4) is 0 Å². The smallest absolute Gasteiger partial charge is 0.0798 e. The fraction of sp³-hybridized carbons (Fsp3) is 1.00. The molecule has 3 nitrogen and oxygen atoms in total. The molecule has 2 rings (SSSR count). The Labute approximate surface area is 106 Å². The van der Waals surface area contributed by atoms with E-state index in [2.05, 4.69) is 23.6 Å². The van der Waals surface area contributed by atoms with E-state index < -0.39 is 5.60 Å². The van der Waals surface area contributed by atoms with E-state index in [0.29, 0.717) is 6.04 Å². The van der Waals surface area contributed by atoms with Crippen LogP contribution in [0.25, 0.3) is 0 Å². The molecular formula is C14H28N2O. The Morgan fingerprint density at radius 1 is 1.24 bits per heavy atom. The van der Waals surface area contributed by atoms with Gasteiger partial charge in [0.05, 0.1) is 11.6 Å². The summed E-state index contributed by atoms with van der Waals surface area (Å²) in [5.74, 6) is 0.720. The lowest BCUT2D eigenvalue weighted by Crippen LogP contribution is -2.60. The van der Waals surface area contributed by atoms with E-state index in [1.165, 1.54) is 32.5 Å². The first kappa shape index (κ1) is 13.3. The number of nitrogens with zero attached hydrogens (tertiary/aromatic N) is 2. The second kappa shape index (κ2) is 5.25. The Kier molecular flexibility index (Phi) is 4.11. The zero-order valence-corrected chi connectivity index (χ0v) is 11.7. The standard InChI is InChI=1S/C14H28N2O/c1-12(2)10-15-9-6-14(3,17)13(11-15)16-7-4-5-8-16/h12-13,17H,4-11H2,1-3H3/t13-,14-/m1/s1. The minimum atomic E-state index is -0.488. The summed E-state index contributed by atoms with van der Waals surface area (Å²) < 4.78 is 0. The number of aliphatic hydroxyl groups is 1. The van der Waals surface area contributed by atoms with Gasteiger partial charge >= 0.3 is 0 Å². The van der Waals surface area contributed by atoms with Crippen molar-refractivity contribution in [2.45, 2.75) is 51.7 Å². The van der Waals surface area contributed by atoms with Gasteiger partial charge in [-0.15, -0.1) is 0 Å². The maximum atomic E-state index is 10.6. The molecule has 1 N–H and O–H groups in total. The molecule has 0 aromatic heterocycles. The molecule has 0 saturated carbocycles. The number of piperidine rings is 1. The average molecular weight is 240 g/mol. The largest absolute Gasteiger partial charge is 0.388 e. The van der Waals surface area contributed by atoms with Crippen molar-refractivity contribution in [3.63, 3.8) is 0 Å². The van der Waals surface area contributed by atoms with Crippen LogP contribution in [0.2, 0.25) is 0 Å². The van der Waals surface area contributed by atoms with E-state index in [9.17, 15) is 5.11 Å². The Bertz CT molecular complexity index is 247. The predicted octanol–water partition coefficient (Wildman–Crippen LogP) is 1.56. The molecule has 2 fully saturated rings. The molecule has 0 amide bonds.